The summed E-state index contributed by atoms with van der Waals surface area (Å²) in [5.41, 5.74) is 2.36. The molecule has 0 saturated heterocycles. The molecule has 0 aliphatic heterocycles. The Bertz CT molecular complexity index is 615. The number of carbonyl (C=O) groups is 1. The van der Waals surface area contributed by atoms with Gasteiger partial charge in [0, 0.05) is 18.2 Å². The molecule has 1 heterocycles. The molecule has 0 fully saturated rings. The van der Waals surface area contributed by atoms with Crippen molar-refractivity contribution in [1.82, 2.24) is 4.98 Å². The van der Waals surface area contributed by atoms with Gasteiger partial charge in [-0.05, 0) is 30.2 Å². The average Bonchev–Trinajstić information content (AvgIpc) is 2.53. The van der Waals surface area contributed by atoms with Crippen molar-refractivity contribution in [2.45, 2.75) is 18.8 Å². The van der Waals surface area contributed by atoms with Gasteiger partial charge in [0.2, 0.25) is 0 Å². The zero-order valence-electron chi connectivity index (χ0n) is 11.6. The number of aryl methyl sites for hydroxylation is 1. The van der Waals surface area contributed by atoms with Gasteiger partial charge in [-0.1, -0.05) is 24.3 Å². The van der Waals surface area contributed by atoms with Gasteiger partial charge in [-0.25, -0.2) is 4.79 Å². The summed E-state index contributed by atoms with van der Waals surface area (Å²) in [7, 11) is 0.956. The van der Waals surface area contributed by atoms with E-state index in [4.69, 9.17) is 0 Å². The number of hydrogen-bond donors (Lipinski definition) is 0. The minimum absolute atomic E-state index is 0.0861. The number of halogens is 2. The Morgan fingerprint density at radius 3 is 2.71 bits per heavy atom. The Balaban J connectivity index is 2.11. The van der Waals surface area contributed by atoms with Gasteiger partial charge in [-0.3, -0.25) is 4.98 Å². The van der Waals surface area contributed by atoms with E-state index in [1.165, 1.54) is 0 Å². The van der Waals surface area contributed by atoms with Gasteiger partial charge in [0.25, 0.3) is 0 Å². The van der Waals surface area contributed by atoms with Crippen LogP contribution in [0.3, 0.4) is 0 Å². The second kappa shape index (κ2) is 6.43. The Morgan fingerprint density at radius 1 is 1.24 bits per heavy atom. The maximum absolute atomic E-state index is 13.4. The molecule has 0 spiro atoms. The lowest BCUT2D eigenvalue weighted by Crippen LogP contribution is -2.30. The van der Waals surface area contributed by atoms with Crippen molar-refractivity contribution >= 4 is 5.97 Å². The number of esters is 1. The summed E-state index contributed by atoms with van der Waals surface area (Å²) in [6, 6.07) is 12.7. The van der Waals surface area contributed by atoms with E-state index in [1.807, 2.05) is 24.3 Å². The molecule has 0 aliphatic rings. The molecule has 0 bridgehead atoms. The van der Waals surface area contributed by atoms with Crippen LogP contribution in [0.1, 0.15) is 12.0 Å². The van der Waals surface area contributed by atoms with Crippen LogP contribution in [-0.2, 0) is 16.0 Å². The van der Waals surface area contributed by atoms with E-state index in [-0.39, 0.29) is 6.42 Å². The van der Waals surface area contributed by atoms with Crippen molar-refractivity contribution in [1.29, 1.82) is 0 Å². The average molecular weight is 291 g/mol. The third-order valence-corrected chi connectivity index (χ3v) is 3.10. The van der Waals surface area contributed by atoms with Crippen LogP contribution in [-0.4, -0.2) is 24.0 Å². The second-order valence-electron chi connectivity index (χ2n) is 4.61. The zero-order valence-corrected chi connectivity index (χ0v) is 11.6. The van der Waals surface area contributed by atoms with E-state index in [2.05, 4.69) is 9.72 Å². The molecule has 2 aromatic rings. The number of alkyl halides is 2. The fourth-order valence-corrected chi connectivity index (χ4v) is 1.97. The topological polar surface area (TPSA) is 39.2 Å². The number of nitrogens with zero attached hydrogens (tertiary/aromatic N) is 1. The maximum atomic E-state index is 13.4. The van der Waals surface area contributed by atoms with E-state index >= 15 is 0 Å². The smallest absolute Gasteiger partial charge is 0.376 e. The quantitative estimate of drug-likeness (QED) is 0.792. The number of hydrogen-bond acceptors (Lipinski definition) is 3. The lowest BCUT2D eigenvalue weighted by atomic mass is 10.0. The highest BCUT2D eigenvalue weighted by molar-refractivity contribution is 5.77. The van der Waals surface area contributed by atoms with Crippen molar-refractivity contribution in [2.24, 2.45) is 0 Å². The highest BCUT2D eigenvalue weighted by atomic mass is 19.3. The van der Waals surface area contributed by atoms with E-state index in [1.54, 1.807) is 24.4 Å². The first-order chi connectivity index (χ1) is 10.0. The van der Waals surface area contributed by atoms with Crippen molar-refractivity contribution in [3.63, 3.8) is 0 Å². The van der Waals surface area contributed by atoms with Crippen LogP contribution < -0.4 is 0 Å². The lowest BCUT2D eigenvalue weighted by Gasteiger charge is -2.13. The summed E-state index contributed by atoms with van der Waals surface area (Å²) in [4.78, 5) is 15.2. The van der Waals surface area contributed by atoms with Crippen molar-refractivity contribution in [2.75, 3.05) is 7.11 Å². The first-order valence-electron chi connectivity index (χ1n) is 6.49. The SMILES string of the molecule is COC(=O)C(F)(F)CCc1cccc(-c2ccccn2)c1. The lowest BCUT2D eigenvalue weighted by molar-refractivity contribution is -0.169. The molecule has 21 heavy (non-hydrogen) atoms. The van der Waals surface area contributed by atoms with E-state index < -0.39 is 18.3 Å². The monoisotopic (exact) mass is 291 g/mol. The first-order valence-corrected chi connectivity index (χ1v) is 6.49. The van der Waals surface area contributed by atoms with Crippen LogP contribution in [0.15, 0.2) is 48.7 Å². The number of pyridine rings is 1. The second-order valence-corrected chi connectivity index (χ2v) is 4.61. The van der Waals surface area contributed by atoms with E-state index in [0.29, 0.717) is 0 Å². The number of ether oxygens (including phenoxy) is 1. The molecule has 0 aliphatic carbocycles. The van der Waals surface area contributed by atoms with Crippen molar-refractivity contribution < 1.29 is 18.3 Å². The fraction of sp³-hybridized carbons (Fsp3) is 0.250. The molecule has 110 valence electrons. The van der Waals surface area contributed by atoms with E-state index in [9.17, 15) is 13.6 Å². The molecule has 1 aromatic carbocycles. The molecular formula is C16H15F2NO2. The van der Waals surface area contributed by atoms with Gasteiger partial charge in [-0.15, -0.1) is 0 Å². The molecule has 0 radical (unpaired) electrons. The van der Waals surface area contributed by atoms with Gasteiger partial charge in [0.1, 0.15) is 0 Å². The summed E-state index contributed by atoms with van der Waals surface area (Å²) in [5.74, 6) is -4.96. The van der Waals surface area contributed by atoms with Gasteiger partial charge in [0.15, 0.2) is 0 Å². The normalized spacial score (nSPS) is 11.2. The summed E-state index contributed by atoms with van der Waals surface area (Å²) in [5, 5.41) is 0. The fourth-order valence-electron chi connectivity index (χ4n) is 1.97. The predicted octanol–water partition coefficient (Wildman–Crippen LogP) is 3.49. The third-order valence-electron chi connectivity index (χ3n) is 3.10. The molecule has 2 rings (SSSR count). The Morgan fingerprint density at radius 2 is 2.05 bits per heavy atom. The van der Waals surface area contributed by atoms with E-state index in [0.717, 1.165) is 23.9 Å². The number of benzene rings is 1. The number of aromatic nitrogens is 1. The van der Waals surface area contributed by atoms with Gasteiger partial charge in [0.05, 0.1) is 12.8 Å². The van der Waals surface area contributed by atoms with Crippen molar-refractivity contribution in [3.05, 3.63) is 54.2 Å². The van der Waals surface area contributed by atoms with Crippen LogP contribution in [0.2, 0.25) is 0 Å². The molecule has 1 aromatic heterocycles. The summed E-state index contributed by atoms with van der Waals surface area (Å²) < 4.78 is 31.0. The summed E-state index contributed by atoms with van der Waals surface area (Å²) in [6.45, 7) is 0. The Hall–Kier alpha value is -2.30. The summed E-state index contributed by atoms with van der Waals surface area (Å²) >= 11 is 0. The standard InChI is InChI=1S/C16H15F2NO2/c1-21-15(20)16(17,18)9-8-12-5-4-6-13(11-12)14-7-2-3-10-19-14/h2-7,10-11H,8-9H2,1H3. The maximum Gasteiger partial charge on any atom is 0.376 e. The van der Waals surface area contributed by atoms with Crippen LogP contribution in [0.4, 0.5) is 8.78 Å². The number of carbonyl (C=O) groups excluding carboxylic acids is 1. The molecule has 0 saturated carbocycles. The summed E-state index contributed by atoms with van der Waals surface area (Å²) in [6.07, 6.45) is 1.18. The Labute approximate surface area is 121 Å². The number of rotatable bonds is 5. The molecule has 0 atom stereocenters. The molecular weight excluding hydrogens is 276 g/mol. The van der Waals surface area contributed by atoms with Crippen LogP contribution in [0.25, 0.3) is 11.3 Å². The molecule has 0 N–H and O–H groups in total. The molecule has 0 amide bonds. The Kier molecular flexibility index (Phi) is 4.62. The van der Waals surface area contributed by atoms with Crippen LogP contribution in [0, 0.1) is 0 Å². The highest BCUT2D eigenvalue weighted by Gasteiger charge is 2.39. The minimum Gasteiger partial charge on any atom is -0.465 e. The van der Waals surface area contributed by atoms with Crippen LogP contribution >= 0.6 is 0 Å². The highest BCUT2D eigenvalue weighted by Crippen LogP contribution is 2.24. The van der Waals surface area contributed by atoms with Gasteiger partial charge >= 0.3 is 11.9 Å². The molecule has 0 unspecified atom stereocenters. The largest absolute Gasteiger partial charge is 0.465 e. The first kappa shape index (κ1) is 15.1. The molecule has 3 nitrogen and oxygen atoms in total. The van der Waals surface area contributed by atoms with Gasteiger partial charge < -0.3 is 4.74 Å². The molecule has 5 heteroatoms. The number of methoxy groups -OCH3 is 1. The van der Waals surface area contributed by atoms with Gasteiger partial charge in [-0.2, -0.15) is 8.78 Å². The van der Waals surface area contributed by atoms with Crippen LogP contribution in [0.5, 0.6) is 0 Å². The minimum atomic E-state index is -3.46. The predicted molar refractivity (Wildman–Crippen MR) is 75.0 cm³/mol. The van der Waals surface area contributed by atoms with Crippen molar-refractivity contribution in [3.8, 4) is 11.3 Å². The third kappa shape index (κ3) is 3.84. The zero-order chi connectivity index (χ0) is 15.3.